The average Bonchev–Trinajstić information content (AvgIpc) is 2.62. The van der Waals surface area contributed by atoms with Crippen molar-refractivity contribution < 1.29 is 4.79 Å². The largest absolute Gasteiger partial charge is 0.273 e. The van der Waals surface area contributed by atoms with Crippen LogP contribution in [-0.2, 0) is 4.79 Å². The van der Waals surface area contributed by atoms with Crippen molar-refractivity contribution in [3.63, 3.8) is 0 Å². The molecular weight excluding hydrogens is 200 g/mol. The maximum atomic E-state index is 11.8. The van der Waals surface area contributed by atoms with Gasteiger partial charge in [0.15, 0.2) is 0 Å². The Morgan fingerprint density at radius 3 is 2.44 bits per heavy atom. The van der Waals surface area contributed by atoms with E-state index in [0.29, 0.717) is 12.3 Å². The zero-order valence-electron chi connectivity index (χ0n) is 10.0. The van der Waals surface area contributed by atoms with Crippen molar-refractivity contribution in [3.8, 4) is 0 Å². The standard InChI is InChI=1S/C13H18N2O/c1-9(2)12-8-13(16)15(14-12)11-6-4-10(3)5-7-11/h4-7,9,12,14H,8H2,1-3H3. The molecule has 0 bridgehead atoms. The number of anilines is 1. The SMILES string of the molecule is Cc1ccc(N2NC(C(C)C)CC2=O)cc1. The summed E-state index contributed by atoms with van der Waals surface area (Å²) in [5.41, 5.74) is 5.39. The smallest absolute Gasteiger partial charge is 0.243 e. The minimum absolute atomic E-state index is 0.155. The van der Waals surface area contributed by atoms with Crippen molar-refractivity contribution in [2.45, 2.75) is 33.2 Å². The number of rotatable bonds is 2. The van der Waals surface area contributed by atoms with E-state index in [0.717, 1.165) is 5.69 Å². The number of hydrogen-bond donors (Lipinski definition) is 1. The minimum atomic E-state index is 0.155. The Hall–Kier alpha value is -1.35. The molecule has 16 heavy (non-hydrogen) atoms. The van der Waals surface area contributed by atoms with Gasteiger partial charge in [0.25, 0.3) is 0 Å². The number of carbonyl (C=O) groups is 1. The average molecular weight is 218 g/mol. The Bertz CT molecular complexity index is 383. The van der Waals surface area contributed by atoms with E-state index in [1.54, 1.807) is 5.01 Å². The summed E-state index contributed by atoms with van der Waals surface area (Å²) < 4.78 is 0. The molecule has 1 aliphatic heterocycles. The molecule has 1 amide bonds. The molecular formula is C13H18N2O. The maximum absolute atomic E-state index is 11.8. The first-order chi connectivity index (χ1) is 7.58. The van der Waals surface area contributed by atoms with E-state index in [2.05, 4.69) is 19.3 Å². The number of nitrogens with zero attached hydrogens (tertiary/aromatic N) is 1. The third-order valence-electron chi connectivity index (χ3n) is 3.04. The zero-order chi connectivity index (χ0) is 11.7. The van der Waals surface area contributed by atoms with Gasteiger partial charge in [0, 0.05) is 12.5 Å². The lowest BCUT2D eigenvalue weighted by molar-refractivity contribution is -0.117. The minimum Gasteiger partial charge on any atom is -0.273 e. The van der Waals surface area contributed by atoms with Crippen LogP contribution in [0.4, 0.5) is 5.69 Å². The third-order valence-corrected chi connectivity index (χ3v) is 3.04. The second kappa shape index (κ2) is 4.26. The molecule has 0 aromatic heterocycles. The number of hydrazine groups is 1. The molecule has 1 fully saturated rings. The van der Waals surface area contributed by atoms with Gasteiger partial charge in [-0.1, -0.05) is 31.5 Å². The molecule has 1 aromatic carbocycles. The molecule has 0 radical (unpaired) electrons. The highest BCUT2D eigenvalue weighted by atomic mass is 16.2. The highest BCUT2D eigenvalue weighted by Crippen LogP contribution is 2.22. The van der Waals surface area contributed by atoms with Gasteiger partial charge in [0.05, 0.1) is 5.69 Å². The van der Waals surface area contributed by atoms with Crippen molar-refractivity contribution in [2.75, 3.05) is 5.01 Å². The van der Waals surface area contributed by atoms with Crippen molar-refractivity contribution in [3.05, 3.63) is 29.8 Å². The van der Waals surface area contributed by atoms with Gasteiger partial charge in [-0.05, 0) is 25.0 Å². The summed E-state index contributed by atoms with van der Waals surface area (Å²) >= 11 is 0. The molecule has 86 valence electrons. The van der Waals surface area contributed by atoms with Crippen LogP contribution in [0.3, 0.4) is 0 Å². The van der Waals surface area contributed by atoms with Crippen LogP contribution in [0.15, 0.2) is 24.3 Å². The van der Waals surface area contributed by atoms with E-state index in [4.69, 9.17) is 0 Å². The predicted molar refractivity (Wildman–Crippen MR) is 65.0 cm³/mol. The fourth-order valence-corrected chi connectivity index (χ4v) is 1.86. The van der Waals surface area contributed by atoms with Crippen LogP contribution in [0.2, 0.25) is 0 Å². The first-order valence-corrected chi connectivity index (χ1v) is 5.73. The first kappa shape index (κ1) is 11.1. The maximum Gasteiger partial charge on any atom is 0.243 e. The molecule has 3 heteroatoms. The van der Waals surface area contributed by atoms with E-state index in [-0.39, 0.29) is 11.9 Å². The van der Waals surface area contributed by atoms with Crippen LogP contribution >= 0.6 is 0 Å². The summed E-state index contributed by atoms with van der Waals surface area (Å²) in [6.07, 6.45) is 0.589. The monoisotopic (exact) mass is 218 g/mol. The van der Waals surface area contributed by atoms with Gasteiger partial charge < -0.3 is 0 Å². The van der Waals surface area contributed by atoms with E-state index in [1.165, 1.54) is 5.56 Å². The third kappa shape index (κ3) is 2.09. The molecule has 1 atom stereocenters. The van der Waals surface area contributed by atoms with E-state index < -0.39 is 0 Å². The van der Waals surface area contributed by atoms with Crippen molar-refractivity contribution >= 4 is 11.6 Å². The molecule has 1 unspecified atom stereocenters. The fraction of sp³-hybridized carbons (Fsp3) is 0.462. The van der Waals surface area contributed by atoms with Gasteiger partial charge >= 0.3 is 0 Å². The molecule has 3 nitrogen and oxygen atoms in total. The van der Waals surface area contributed by atoms with Crippen LogP contribution in [0.1, 0.15) is 25.8 Å². The number of hydrogen-bond acceptors (Lipinski definition) is 2. The number of benzene rings is 1. The first-order valence-electron chi connectivity index (χ1n) is 5.73. The molecule has 1 saturated heterocycles. The van der Waals surface area contributed by atoms with Gasteiger partial charge in [0.1, 0.15) is 0 Å². The molecule has 1 aromatic rings. The Morgan fingerprint density at radius 2 is 1.94 bits per heavy atom. The van der Waals surface area contributed by atoms with Crippen LogP contribution in [0, 0.1) is 12.8 Å². The Kier molecular flexibility index (Phi) is 2.97. The lowest BCUT2D eigenvalue weighted by Gasteiger charge is -2.19. The Labute approximate surface area is 96.4 Å². The molecule has 1 N–H and O–H groups in total. The summed E-state index contributed by atoms with van der Waals surface area (Å²) in [4.78, 5) is 11.8. The Morgan fingerprint density at radius 1 is 1.31 bits per heavy atom. The topological polar surface area (TPSA) is 32.3 Å². The summed E-state index contributed by atoms with van der Waals surface area (Å²) in [6.45, 7) is 6.30. The van der Waals surface area contributed by atoms with Gasteiger partial charge in [-0.25, -0.2) is 10.4 Å². The molecule has 0 saturated carbocycles. The summed E-state index contributed by atoms with van der Waals surface area (Å²) in [7, 11) is 0. The number of carbonyl (C=O) groups excluding carboxylic acids is 1. The van der Waals surface area contributed by atoms with E-state index in [9.17, 15) is 4.79 Å². The van der Waals surface area contributed by atoms with Crippen molar-refractivity contribution in [2.24, 2.45) is 5.92 Å². The molecule has 0 spiro atoms. The fourth-order valence-electron chi connectivity index (χ4n) is 1.86. The quantitative estimate of drug-likeness (QED) is 0.825. The summed E-state index contributed by atoms with van der Waals surface area (Å²) in [5, 5.41) is 1.67. The Balaban J connectivity index is 2.16. The highest BCUT2D eigenvalue weighted by molar-refractivity contribution is 5.94. The predicted octanol–water partition coefficient (Wildman–Crippen LogP) is 2.26. The molecule has 2 rings (SSSR count). The number of nitrogens with one attached hydrogen (secondary N) is 1. The van der Waals surface area contributed by atoms with E-state index >= 15 is 0 Å². The highest BCUT2D eigenvalue weighted by Gasteiger charge is 2.31. The van der Waals surface area contributed by atoms with Crippen LogP contribution < -0.4 is 10.4 Å². The summed E-state index contributed by atoms with van der Waals surface area (Å²) in [6, 6.07) is 8.25. The van der Waals surface area contributed by atoms with Gasteiger partial charge in [-0.3, -0.25) is 4.79 Å². The number of aryl methyl sites for hydroxylation is 1. The zero-order valence-corrected chi connectivity index (χ0v) is 10.0. The van der Waals surface area contributed by atoms with Crippen LogP contribution in [0.5, 0.6) is 0 Å². The molecule has 0 aliphatic carbocycles. The van der Waals surface area contributed by atoms with Crippen LogP contribution in [-0.4, -0.2) is 11.9 Å². The van der Waals surface area contributed by atoms with Gasteiger partial charge in [-0.15, -0.1) is 0 Å². The molecule has 1 aliphatic rings. The van der Waals surface area contributed by atoms with E-state index in [1.807, 2.05) is 31.2 Å². The summed E-state index contributed by atoms with van der Waals surface area (Å²) in [5.74, 6) is 0.627. The lowest BCUT2D eigenvalue weighted by Crippen LogP contribution is -2.39. The second-order valence-corrected chi connectivity index (χ2v) is 4.75. The normalized spacial score (nSPS) is 20.9. The van der Waals surface area contributed by atoms with Gasteiger partial charge in [0.2, 0.25) is 5.91 Å². The van der Waals surface area contributed by atoms with Crippen LogP contribution in [0.25, 0.3) is 0 Å². The number of amides is 1. The molecule has 1 heterocycles. The lowest BCUT2D eigenvalue weighted by atomic mass is 10.0. The second-order valence-electron chi connectivity index (χ2n) is 4.75. The van der Waals surface area contributed by atoms with Crippen molar-refractivity contribution in [1.82, 2.24) is 5.43 Å². The van der Waals surface area contributed by atoms with Crippen molar-refractivity contribution in [1.29, 1.82) is 0 Å². The van der Waals surface area contributed by atoms with Gasteiger partial charge in [-0.2, -0.15) is 0 Å².